The quantitative estimate of drug-likeness (QED) is 0.789. The van der Waals surface area contributed by atoms with Gasteiger partial charge in [0.1, 0.15) is 0 Å². The lowest BCUT2D eigenvalue weighted by atomic mass is 10.1. The van der Waals surface area contributed by atoms with E-state index >= 15 is 0 Å². The highest BCUT2D eigenvalue weighted by Gasteiger charge is 2.08. The van der Waals surface area contributed by atoms with Crippen LogP contribution in [-0.4, -0.2) is 20.6 Å². The van der Waals surface area contributed by atoms with Gasteiger partial charge in [0.15, 0.2) is 5.65 Å². The number of hydrogen-bond acceptors (Lipinski definition) is 3. The van der Waals surface area contributed by atoms with Gasteiger partial charge >= 0.3 is 0 Å². The van der Waals surface area contributed by atoms with Crippen molar-refractivity contribution in [2.24, 2.45) is 0 Å². The van der Waals surface area contributed by atoms with E-state index in [1.807, 2.05) is 35.8 Å². The van der Waals surface area contributed by atoms with Gasteiger partial charge in [-0.05, 0) is 37.5 Å². The maximum Gasteiger partial charge on any atom is 0.243 e. The first-order valence-corrected chi connectivity index (χ1v) is 6.84. The summed E-state index contributed by atoms with van der Waals surface area (Å²) >= 11 is 0. The first-order chi connectivity index (χ1) is 9.70. The number of hydrogen-bond donors (Lipinski definition) is 1. The third kappa shape index (κ3) is 2.79. The minimum Gasteiger partial charge on any atom is -0.350 e. The van der Waals surface area contributed by atoms with Gasteiger partial charge in [0, 0.05) is 12.2 Å². The molecule has 0 spiro atoms. The zero-order valence-corrected chi connectivity index (χ0v) is 11.7. The second kappa shape index (κ2) is 5.33. The Morgan fingerprint density at radius 1 is 1.15 bits per heavy atom. The minimum atomic E-state index is 0.288. The summed E-state index contributed by atoms with van der Waals surface area (Å²) in [5, 5.41) is 7.81. The third-order valence-electron chi connectivity index (χ3n) is 3.24. The van der Waals surface area contributed by atoms with E-state index in [-0.39, 0.29) is 6.04 Å². The molecule has 0 aliphatic heterocycles. The zero-order valence-electron chi connectivity index (χ0n) is 11.7. The Morgan fingerprint density at radius 2 is 1.95 bits per heavy atom. The molecule has 0 aliphatic carbocycles. The molecule has 0 radical (unpaired) electrons. The molecular formula is C16H18N4. The van der Waals surface area contributed by atoms with Crippen molar-refractivity contribution in [2.45, 2.75) is 26.3 Å². The molecule has 0 amide bonds. The van der Waals surface area contributed by atoms with Crippen molar-refractivity contribution in [3.63, 3.8) is 0 Å². The van der Waals surface area contributed by atoms with E-state index in [0.717, 1.165) is 12.1 Å². The van der Waals surface area contributed by atoms with Gasteiger partial charge in [0.05, 0.1) is 0 Å². The predicted molar refractivity (Wildman–Crippen MR) is 81.0 cm³/mol. The monoisotopic (exact) mass is 266 g/mol. The summed E-state index contributed by atoms with van der Waals surface area (Å²) in [7, 11) is 0. The lowest BCUT2D eigenvalue weighted by Crippen LogP contribution is -2.18. The van der Waals surface area contributed by atoms with E-state index in [4.69, 9.17) is 0 Å². The van der Waals surface area contributed by atoms with Crippen LogP contribution in [0.1, 0.15) is 18.1 Å². The van der Waals surface area contributed by atoms with Crippen LogP contribution in [0.15, 0.2) is 48.7 Å². The third-order valence-corrected chi connectivity index (χ3v) is 3.24. The van der Waals surface area contributed by atoms with Gasteiger partial charge in [-0.25, -0.2) is 4.52 Å². The van der Waals surface area contributed by atoms with Gasteiger partial charge in [0.25, 0.3) is 0 Å². The average molecular weight is 266 g/mol. The van der Waals surface area contributed by atoms with Gasteiger partial charge in [-0.2, -0.15) is 4.98 Å². The van der Waals surface area contributed by atoms with E-state index in [1.165, 1.54) is 11.1 Å². The number of nitrogens with one attached hydrogen (secondary N) is 1. The van der Waals surface area contributed by atoms with E-state index in [9.17, 15) is 0 Å². The highest BCUT2D eigenvalue weighted by Crippen LogP contribution is 2.10. The van der Waals surface area contributed by atoms with Crippen LogP contribution >= 0.6 is 0 Å². The molecule has 1 N–H and O–H groups in total. The number of pyridine rings is 1. The van der Waals surface area contributed by atoms with E-state index in [1.54, 1.807) is 0 Å². The molecule has 1 unspecified atom stereocenters. The van der Waals surface area contributed by atoms with Crippen molar-refractivity contribution in [2.75, 3.05) is 5.32 Å². The van der Waals surface area contributed by atoms with Crippen molar-refractivity contribution in [3.05, 3.63) is 59.8 Å². The number of aryl methyl sites for hydroxylation is 1. The van der Waals surface area contributed by atoms with Gasteiger partial charge < -0.3 is 5.32 Å². The molecule has 0 fully saturated rings. The first-order valence-electron chi connectivity index (χ1n) is 6.84. The fraction of sp³-hybridized carbons (Fsp3) is 0.250. The van der Waals surface area contributed by atoms with Crippen LogP contribution in [0.3, 0.4) is 0 Å². The summed E-state index contributed by atoms with van der Waals surface area (Å²) in [5.74, 6) is 0.680. The molecule has 2 heterocycles. The van der Waals surface area contributed by atoms with Crippen molar-refractivity contribution in [1.29, 1.82) is 0 Å². The van der Waals surface area contributed by atoms with Crippen LogP contribution in [0.4, 0.5) is 5.95 Å². The predicted octanol–water partition coefficient (Wildman–Crippen LogP) is 3.08. The zero-order chi connectivity index (χ0) is 13.9. The summed E-state index contributed by atoms with van der Waals surface area (Å²) in [6, 6.07) is 14.7. The molecule has 0 saturated heterocycles. The fourth-order valence-electron chi connectivity index (χ4n) is 2.29. The average Bonchev–Trinajstić information content (AvgIpc) is 2.80. The van der Waals surface area contributed by atoms with Gasteiger partial charge in [-0.15, -0.1) is 5.10 Å². The lowest BCUT2D eigenvalue weighted by Gasteiger charge is -2.11. The van der Waals surface area contributed by atoms with E-state index < -0.39 is 0 Å². The summed E-state index contributed by atoms with van der Waals surface area (Å²) in [4.78, 5) is 4.48. The Hall–Kier alpha value is -2.36. The molecule has 1 atom stereocenters. The number of benzene rings is 1. The Kier molecular flexibility index (Phi) is 3.37. The highest BCUT2D eigenvalue weighted by molar-refractivity contribution is 5.44. The smallest absolute Gasteiger partial charge is 0.243 e. The number of fused-ring (bicyclic) bond motifs is 1. The van der Waals surface area contributed by atoms with Gasteiger partial charge in [-0.1, -0.05) is 36.4 Å². The summed E-state index contributed by atoms with van der Waals surface area (Å²) in [5.41, 5.74) is 3.35. The largest absolute Gasteiger partial charge is 0.350 e. The molecule has 0 saturated carbocycles. The Labute approximate surface area is 118 Å². The van der Waals surface area contributed by atoms with Crippen LogP contribution in [0.2, 0.25) is 0 Å². The van der Waals surface area contributed by atoms with Crippen LogP contribution < -0.4 is 5.32 Å². The maximum atomic E-state index is 4.48. The molecule has 3 rings (SSSR count). The fourth-order valence-corrected chi connectivity index (χ4v) is 2.29. The van der Waals surface area contributed by atoms with Gasteiger partial charge in [0.2, 0.25) is 5.95 Å². The Morgan fingerprint density at radius 3 is 2.75 bits per heavy atom. The molecule has 0 aliphatic rings. The molecule has 4 heteroatoms. The second-order valence-corrected chi connectivity index (χ2v) is 5.18. The topological polar surface area (TPSA) is 42.2 Å². The molecule has 0 bridgehead atoms. The second-order valence-electron chi connectivity index (χ2n) is 5.18. The first kappa shape index (κ1) is 12.7. The van der Waals surface area contributed by atoms with Crippen molar-refractivity contribution in [3.8, 4) is 0 Å². The van der Waals surface area contributed by atoms with Crippen LogP contribution in [0.5, 0.6) is 0 Å². The Bertz CT molecular complexity index is 703. The summed E-state index contributed by atoms with van der Waals surface area (Å²) < 4.78 is 1.81. The minimum absolute atomic E-state index is 0.288. The van der Waals surface area contributed by atoms with Crippen LogP contribution in [-0.2, 0) is 6.42 Å². The number of rotatable bonds is 4. The van der Waals surface area contributed by atoms with Crippen LogP contribution in [0, 0.1) is 6.92 Å². The molecule has 20 heavy (non-hydrogen) atoms. The maximum absolute atomic E-state index is 4.48. The van der Waals surface area contributed by atoms with Crippen molar-refractivity contribution < 1.29 is 0 Å². The number of anilines is 1. The molecule has 3 aromatic rings. The number of nitrogens with zero attached hydrogens (tertiary/aromatic N) is 3. The number of aromatic nitrogens is 3. The van der Waals surface area contributed by atoms with Crippen molar-refractivity contribution >= 4 is 11.6 Å². The standard InChI is InChI=1S/C16H18N4/c1-12-8-9-15-18-16(19-20(15)11-12)17-13(2)10-14-6-4-3-5-7-14/h3-9,11,13H,10H2,1-2H3,(H,17,19). The molecular weight excluding hydrogens is 248 g/mol. The van der Waals surface area contributed by atoms with E-state index in [0.29, 0.717) is 5.95 Å². The Balaban J connectivity index is 1.72. The molecule has 2 aromatic heterocycles. The van der Waals surface area contributed by atoms with Crippen LogP contribution in [0.25, 0.3) is 5.65 Å². The lowest BCUT2D eigenvalue weighted by molar-refractivity contribution is 0.775. The normalized spacial score (nSPS) is 12.5. The summed E-state index contributed by atoms with van der Waals surface area (Å²) in [6.07, 6.45) is 2.94. The SMILES string of the molecule is Cc1ccc2nc(NC(C)Cc3ccccc3)nn2c1. The van der Waals surface area contributed by atoms with Crippen molar-refractivity contribution in [1.82, 2.24) is 14.6 Å². The molecule has 1 aromatic carbocycles. The summed E-state index contributed by atoms with van der Waals surface area (Å²) in [6.45, 7) is 4.19. The molecule has 4 nitrogen and oxygen atoms in total. The van der Waals surface area contributed by atoms with E-state index in [2.05, 4.69) is 46.6 Å². The van der Waals surface area contributed by atoms with Gasteiger partial charge in [-0.3, -0.25) is 0 Å². The highest BCUT2D eigenvalue weighted by atomic mass is 15.3. The molecule has 102 valence electrons.